The molecule has 2 aliphatic rings. The van der Waals surface area contributed by atoms with Gasteiger partial charge >= 0.3 is 0 Å². The molecule has 0 atom stereocenters. The number of hydrogen-bond acceptors (Lipinski definition) is 4. The van der Waals surface area contributed by atoms with E-state index in [1.165, 1.54) is 58.3 Å². The van der Waals surface area contributed by atoms with E-state index in [0.29, 0.717) is 0 Å². The van der Waals surface area contributed by atoms with Gasteiger partial charge in [-0.2, -0.15) is 0 Å². The summed E-state index contributed by atoms with van der Waals surface area (Å²) in [5.74, 6) is 0.918. The van der Waals surface area contributed by atoms with E-state index in [-0.39, 0.29) is 5.54 Å². The van der Waals surface area contributed by atoms with Crippen LogP contribution in [0.3, 0.4) is 0 Å². The van der Waals surface area contributed by atoms with Gasteiger partial charge in [0.1, 0.15) is 0 Å². The van der Waals surface area contributed by atoms with Crippen LogP contribution in [-0.2, 0) is 4.74 Å². The molecule has 0 aromatic carbocycles. The van der Waals surface area contributed by atoms with Crippen molar-refractivity contribution in [3.63, 3.8) is 0 Å². The number of hydrogen-bond donors (Lipinski definition) is 2. The molecule has 0 spiro atoms. The molecule has 2 N–H and O–H groups in total. The largest absolute Gasteiger partial charge is 0.385 e. The van der Waals surface area contributed by atoms with Crippen LogP contribution in [0.1, 0.15) is 38.5 Å². The molecule has 0 aromatic heterocycles. The molecule has 0 aromatic rings. The number of nitrogens with zero attached hydrogens (tertiary/aromatic N) is 3. The number of aliphatic imine (C=N–C) groups is 1. The predicted octanol–water partition coefficient (Wildman–Crippen LogP) is 1.14. The predicted molar refractivity (Wildman–Crippen MR) is 101 cm³/mol. The number of nitrogens with one attached hydrogen (secondary N) is 2. The molecule has 2 heterocycles. The fourth-order valence-corrected chi connectivity index (χ4v) is 3.90. The van der Waals surface area contributed by atoms with Gasteiger partial charge in [0.25, 0.3) is 0 Å². The molecule has 0 radical (unpaired) electrons. The van der Waals surface area contributed by atoms with Crippen LogP contribution in [0.15, 0.2) is 4.99 Å². The van der Waals surface area contributed by atoms with E-state index in [1.54, 1.807) is 7.11 Å². The van der Waals surface area contributed by atoms with E-state index >= 15 is 0 Å². The van der Waals surface area contributed by atoms with E-state index in [4.69, 9.17) is 4.74 Å². The number of rotatable bonds is 7. The molecular formula is C18H37N5O. The summed E-state index contributed by atoms with van der Waals surface area (Å²) in [6.07, 6.45) is 7.58. The molecule has 0 saturated carbocycles. The number of piperidine rings is 2. The van der Waals surface area contributed by atoms with Crippen molar-refractivity contribution in [2.45, 2.75) is 44.1 Å². The molecule has 2 rings (SSSR count). The zero-order valence-electron chi connectivity index (χ0n) is 15.9. The lowest BCUT2D eigenvalue weighted by molar-refractivity contribution is 0.0173. The van der Waals surface area contributed by atoms with Crippen LogP contribution in [-0.4, -0.2) is 88.4 Å². The Labute approximate surface area is 148 Å². The van der Waals surface area contributed by atoms with Gasteiger partial charge in [-0.15, -0.1) is 0 Å². The van der Waals surface area contributed by atoms with Crippen LogP contribution < -0.4 is 10.6 Å². The molecule has 0 unspecified atom stereocenters. The quantitative estimate of drug-likeness (QED) is 0.414. The van der Waals surface area contributed by atoms with Crippen LogP contribution in [0.2, 0.25) is 0 Å². The Hall–Kier alpha value is -0.850. The van der Waals surface area contributed by atoms with Crippen molar-refractivity contribution in [3.05, 3.63) is 0 Å². The summed E-state index contributed by atoms with van der Waals surface area (Å²) in [5.41, 5.74) is 0.289. The van der Waals surface area contributed by atoms with Crippen molar-refractivity contribution < 1.29 is 4.74 Å². The summed E-state index contributed by atoms with van der Waals surface area (Å²) in [6.45, 7) is 7.57. The topological polar surface area (TPSA) is 52.1 Å². The maximum atomic E-state index is 5.11. The van der Waals surface area contributed by atoms with Crippen molar-refractivity contribution in [2.24, 2.45) is 4.99 Å². The van der Waals surface area contributed by atoms with Gasteiger partial charge in [-0.1, -0.05) is 6.42 Å². The molecular weight excluding hydrogens is 302 g/mol. The highest BCUT2D eigenvalue weighted by Crippen LogP contribution is 2.30. The summed E-state index contributed by atoms with van der Waals surface area (Å²) in [5, 5.41) is 7.01. The van der Waals surface area contributed by atoms with Crippen molar-refractivity contribution in [1.29, 1.82) is 0 Å². The minimum Gasteiger partial charge on any atom is -0.385 e. The third kappa shape index (κ3) is 5.60. The number of guanidine groups is 1. The molecule has 2 saturated heterocycles. The first-order valence-corrected chi connectivity index (χ1v) is 9.57. The second kappa shape index (κ2) is 10.2. The fraction of sp³-hybridized carbons (Fsp3) is 0.944. The second-order valence-electron chi connectivity index (χ2n) is 7.27. The molecule has 2 fully saturated rings. The standard InChI is InChI=1S/C18H37N5O/c1-19-17(20-10-7-15-24-3)21-16-18(8-13-22(2)14-9-18)23-11-5-4-6-12-23/h4-16H2,1-3H3,(H2,19,20,21). The summed E-state index contributed by atoms with van der Waals surface area (Å²) < 4.78 is 5.11. The Morgan fingerprint density at radius 3 is 2.42 bits per heavy atom. The summed E-state index contributed by atoms with van der Waals surface area (Å²) in [6, 6.07) is 0. The Balaban J connectivity index is 1.90. The van der Waals surface area contributed by atoms with E-state index in [9.17, 15) is 0 Å². The summed E-state index contributed by atoms with van der Waals surface area (Å²) in [7, 11) is 5.84. The average Bonchev–Trinajstić information content (AvgIpc) is 2.63. The van der Waals surface area contributed by atoms with Crippen LogP contribution >= 0.6 is 0 Å². The molecule has 0 amide bonds. The average molecular weight is 340 g/mol. The van der Waals surface area contributed by atoms with Gasteiger partial charge in [-0.25, -0.2) is 0 Å². The minimum atomic E-state index is 0.289. The maximum Gasteiger partial charge on any atom is 0.191 e. The second-order valence-corrected chi connectivity index (χ2v) is 7.27. The van der Waals surface area contributed by atoms with Crippen molar-refractivity contribution in [2.75, 3.05) is 67.1 Å². The van der Waals surface area contributed by atoms with Gasteiger partial charge in [0.05, 0.1) is 0 Å². The highest BCUT2D eigenvalue weighted by Gasteiger charge is 2.39. The zero-order chi connectivity index (χ0) is 17.3. The monoisotopic (exact) mass is 339 g/mol. The normalized spacial score (nSPS) is 23.2. The van der Waals surface area contributed by atoms with Crippen LogP contribution in [0.5, 0.6) is 0 Å². The van der Waals surface area contributed by atoms with E-state index < -0.39 is 0 Å². The van der Waals surface area contributed by atoms with Gasteiger partial charge < -0.3 is 20.3 Å². The first-order valence-electron chi connectivity index (χ1n) is 9.57. The summed E-state index contributed by atoms with van der Waals surface area (Å²) in [4.78, 5) is 9.60. The van der Waals surface area contributed by atoms with Crippen LogP contribution in [0.25, 0.3) is 0 Å². The lowest BCUT2D eigenvalue weighted by Crippen LogP contribution is -2.62. The van der Waals surface area contributed by atoms with Gasteiger partial charge in [0.15, 0.2) is 5.96 Å². The van der Waals surface area contributed by atoms with Gasteiger partial charge in [-0.3, -0.25) is 9.89 Å². The SMILES string of the molecule is CN=C(NCCCOC)NCC1(N2CCCCC2)CCN(C)CC1. The molecule has 0 bridgehead atoms. The highest BCUT2D eigenvalue weighted by molar-refractivity contribution is 5.79. The molecule has 6 nitrogen and oxygen atoms in total. The lowest BCUT2D eigenvalue weighted by Gasteiger charge is -2.50. The number of methoxy groups -OCH3 is 1. The summed E-state index contributed by atoms with van der Waals surface area (Å²) >= 11 is 0. The first kappa shape index (κ1) is 19.5. The molecule has 2 aliphatic heterocycles. The molecule has 0 aliphatic carbocycles. The first-order chi connectivity index (χ1) is 11.7. The Bertz CT molecular complexity index is 374. The van der Waals surface area contributed by atoms with Crippen LogP contribution in [0, 0.1) is 0 Å². The number of likely N-dealkylation sites (tertiary alicyclic amines) is 2. The van der Waals surface area contributed by atoms with Crippen LogP contribution in [0.4, 0.5) is 0 Å². The maximum absolute atomic E-state index is 5.11. The minimum absolute atomic E-state index is 0.289. The van der Waals surface area contributed by atoms with Crippen molar-refractivity contribution in [3.8, 4) is 0 Å². The van der Waals surface area contributed by atoms with Crippen molar-refractivity contribution in [1.82, 2.24) is 20.4 Å². The Morgan fingerprint density at radius 2 is 1.79 bits per heavy atom. The van der Waals surface area contributed by atoms with Gasteiger partial charge in [-0.05, 0) is 65.3 Å². The molecule has 6 heteroatoms. The fourth-order valence-electron chi connectivity index (χ4n) is 3.90. The van der Waals surface area contributed by atoms with Gasteiger partial charge in [0, 0.05) is 39.4 Å². The lowest BCUT2D eigenvalue weighted by atomic mass is 9.84. The van der Waals surface area contributed by atoms with E-state index in [1.807, 2.05) is 7.05 Å². The molecule has 24 heavy (non-hydrogen) atoms. The molecule has 140 valence electrons. The van der Waals surface area contributed by atoms with E-state index in [0.717, 1.165) is 32.1 Å². The smallest absolute Gasteiger partial charge is 0.191 e. The third-order valence-electron chi connectivity index (χ3n) is 5.57. The highest BCUT2D eigenvalue weighted by atomic mass is 16.5. The van der Waals surface area contributed by atoms with Crippen molar-refractivity contribution >= 4 is 5.96 Å². The zero-order valence-corrected chi connectivity index (χ0v) is 15.9. The van der Waals surface area contributed by atoms with Gasteiger partial charge in [0.2, 0.25) is 0 Å². The van der Waals surface area contributed by atoms with E-state index in [2.05, 4.69) is 32.5 Å². The third-order valence-corrected chi connectivity index (χ3v) is 5.57. The number of ether oxygens (including phenoxy) is 1. The Kier molecular flexibility index (Phi) is 8.29. The Morgan fingerprint density at radius 1 is 1.08 bits per heavy atom.